The van der Waals surface area contributed by atoms with Crippen LogP contribution in [0.2, 0.25) is 0 Å². The molecule has 1 aromatic carbocycles. The third-order valence-corrected chi connectivity index (χ3v) is 3.30. The van der Waals surface area contributed by atoms with Crippen molar-refractivity contribution < 1.29 is 0 Å². The standard InChI is InChI=1S/C14H21N3/c1-4-11(5-2)10(3)17-14-7-6-13(16)8-12(14)9-15/h6-8,10-11,17H,4-5,16H2,1-3H3. The van der Waals surface area contributed by atoms with E-state index in [1.807, 2.05) is 12.1 Å². The summed E-state index contributed by atoms with van der Waals surface area (Å²) in [6.07, 6.45) is 2.28. The van der Waals surface area contributed by atoms with Crippen molar-refractivity contribution in [3.8, 4) is 6.07 Å². The van der Waals surface area contributed by atoms with Crippen LogP contribution >= 0.6 is 0 Å². The molecule has 0 spiro atoms. The summed E-state index contributed by atoms with van der Waals surface area (Å²) in [5.41, 5.74) is 7.78. The van der Waals surface area contributed by atoms with Gasteiger partial charge in [-0.25, -0.2) is 0 Å². The van der Waals surface area contributed by atoms with Crippen molar-refractivity contribution in [3.63, 3.8) is 0 Å². The predicted octanol–water partition coefficient (Wildman–Crippen LogP) is 3.38. The third kappa shape index (κ3) is 3.39. The van der Waals surface area contributed by atoms with Crippen LogP contribution in [-0.2, 0) is 0 Å². The van der Waals surface area contributed by atoms with Gasteiger partial charge in [-0.05, 0) is 31.0 Å². The van der Waals surface area contributed by atoms with Gasteiger partial charge in [-0.2, -0.15) is 5.26 Å². The first kappa shape index (κ1) is 13.4. The lowest BCUT2D eigenvalue weighted by molar-refractivity contribution is 0.438. The highest BCUT2D eigenvalue weighted by Crippen LogP contribution is 2.22. The fraction of sp³-hybridized carbons (Fsp3) is 0.500. The molecule has 3 N–H and O–H groups in total. The quantitative estimate of drug-likeness (QED) is 0.764. The highest BCUT2D eigenvalue weighted by atomic mass is 14.9. The predicted molar refractivity (Wildman–Crippen MR) is 72.7 cm³/mol. The molecule has 3 nitrogen and oxygen atoms in total. The molecule has 0 saturated carbocycles. The van der Waals surface area contributed by atoms with Crippen LogP contribution in [0.3, 0.4) is 0 Å². The summed E-state index contributed by atoms with van der Waals surface area (Å²) in [5, 5.41) is 12.5. The first-order valence-corrected chi connectivity index (χ1v) is 6.18. The van der Waals surface area contributed by atoms with Crippen LogP contribution in [0.25, 0.3) is 0 Å². The molecule has 0 fully saturated rings. The molecule has 17 heavy (non-hydrogen) atoms. The monoisotopic (exact) mass is 231 g/mol. The second-order valence-corrected chi connectivity index (χ2v) is 4.43. The minimum absolute atomic E-state index is 0.362. The maximum Gasteiger partial charge on any atom is 0.101 e. The topological polar surface area (TPSA) is 61.8 Å². The molecule has 0 aliphatic carbocycles. The zero-order chi connectivity index (χ0) is 12.8. The van der Waals surface area contributed by atoms with E-state index >= 15 is 0 Å². The number of nitrogens with one attached hydrogen (secondary N) is 1. The number of rotatable bonds is 5. The molecule has 1 atom stereocenters. The minimum atomic E-state index is 0.362. The molecule has 0 amide bonds. The molecule has 0 heterocycles. The Morgan fingerprint density at radius 2 is 2.00 bits per heavy atom. The Morgan fingerprint density at radius 1 is 1.35 bits per heavy atom. The number of nitrogen functional groups attached to an aromatic ring is 1. The van der Waals surface area contributed by atoms with E-state index in [4.69, 9.17) is 11.0 Å². The van der Waals surface area contributed by atoms with Crippen molar-refractivity contribution in [1.29, 1.82) is 5.26 Å². The van der Waals surface area contributed by atoms with E-state index in [1.54, 1.807) is 6.07 Å². The summed E-state index contributed by atoms with van der Waals surface area (Å²) < 4.78 is 0. The second kappa shape index (κ2) is 6.15. The highest BCUT2D eigenvalue weighted by molar-refractivity contribution is 5.63. The van der Waals surface area contributed by atoms with E-state index in [1.165, 1.54) is 0 Å². The fourth-order valence-corrected chi connectivity index (χ4v) is 2.14. The van der Waals surface area contributed by atoms with Crippen LogP contribution in [0.5, 0.6) is 0 Å². The largest absolute Gasteiger partial charge is 0.399 e. The maximum absolute atomic E-state index is 9.06. The Kier molecular flexibility index (Phi) is 4.84. The fourth-order valence-electron chi connectivity index (χ4n) is 2.14. The van der Waals surface area contributed by atoms with Gasteiger partial charge >= 0.3 is 0 Å². The van der Waals surface area contributed by atoms with Gasteiger partial charge in [0.25, 0.3) is 0 Å². The number of nitrogens with two attached hydrogens (primary N) is 1. The number of nitriles is 1. The average Bonchev–Trinajstić information content (AvgIpc) is 2.33. The molecule has 0 saturated heterocycles. The van der Waals surface area contributed by atoms with Crippen LogP contribution in [0.1, 0.15) is 39.2 Å². The van der Waals surface area contributed by atoms with Crippen molar-refractivity contribution in [3.05, 3.63) is 23.8 Å². The van der Waals surface area contributed by atoms with Crippen molar-refractivity contribution in [2.45, 2.75) is 39.7 Å². The molecule has 0 aliphatic rings. The molecular formula is C14H21N3. The highest BCUT2D eigenvalue weighted by Gasteiger charge is 2.14. The van der Waals surface area contributed by atoms with Gasteiger partial charge in [0.2, 0.25) is 0 Å². The van der Waals surface area contributed by atoms with Gasteiger partial charge in [-0.3, -0.25) is 0 Å². The van der Waals surface area contributed by atoms with E-state index in [0.29, 0.717) is 23.2 Å². The van der Waals surface area contributed by atoms with Crippen LogP contribution in [0.4, 0.5) is 11.4 Å². The number of nitrogens with zero attached hydrogens (tertiary/aromatic N) is 1. The van der Waals surface area contributed by atoms with Crippen molar-refractivity contribution >= 4 is 11.4 Å². The lowest BCUT2D eigenvalue weighted by atomic mass is 9.95. The van der Waals surface area contributed by atoms with E-state index in [0.717, 1.165) is 18.5 Å². The van der Waals surface area contributed by atoms with Crippen LogP contribution in [0, 0.1) is 17.2 Å². The van der Waals surface area contributed by atoms with E-state index in [2.05, 4.69) is 32.2 Å². The van der Waals surface area contributed by atoms with Crippen molar-refractivity contribution in [2.24, 2.45) is 5.92 Å². The summed E-state index contributed by atoms with van der Waals surface area (Å²) in [7, 11) is 0. The van der Waals surface area contributed by atoms with Crippen molar-refractivity contribution in [2.75, 3.05) is 11.1 Å². The number of hydrogen-bond acceptors (Lipinski definition) is 3. The number of benzene rings is 1. The number of hydrogen-bond donors (Lipinski definition) is 2. The first-order chi connectivity index (χ1) is 8.12. The summed E-state index contributed by atoms with van der Waals surface area (Å²) in [6, 6.07) is 7.95. The lowest BCUT2D eigenvalue weighted by Gasteiger charge is -2.24. The average molecular weight is 231 g/mol. The van der Waals surface area contributed by atoms with Gasteiger partial charge in [0.05, 0.1) is 11.3 Å². The maximum atomic E-state index is 9.06. The molecule has 1 unspecified atom stereocenters. The molecule has 3 heteroatoms. The summed E-state index contributed by atoms with van der Waals surface area (Å²) in [4.78, 5) is 0. The molecule has 1 rings (SSSR count). The Balaban J connectivity index is 2.85. The van der Waals surface area contributed by atoms with Gasteiger partial charge < -0.3 is 11.1 Å². The zero-order valence-electron chi connectivity index (χ0n) is 10.8. The Morgan fingerprint density at radius 3 is 2.53 bits per heavy atom. The van der Waals surface area contributed by atoms with Gasteiger partial charge in [0.15, 0.2) is 0 Å². The molecule has 0 aliphatic heterocycles. The molecule has 0 aromatic heterocycles. The summed E-state index contributed by atoms with van der Waals surface area (Å²) >= 11 is 0. The smallest absolute Gasteiger partial charge is 0.101 e. The number of anilines is 2. The molecular weight excluding hydrogens is 210 g/mol. The Bertz CT molecular complexity index is 402. The van der Waals surface area contributed by atoms with Crippen molar-refractivity contribution in [1.82, 2.24) is 0 Å². The van der Waals surface area contributed by atoms with Crippen LogP contribution in [0.15, 0.2) is 18.2 Å². The zero-order valence-corrected chi connectivity index (χ0v) is 10.8. The molecule has 1 aromatic rings. The van der Waals surface area contributed by atoms with Gasteiger partial charge in [-0.1, -0.05) is 26.7 Å². The summed E-state index contributed by atoms with van der Waals surface area (Å²) in [6.45, 7) is 6.55. The van der Waals surface area contributed by atoms with E-state index in [9.17, 15) is 0 Å². The minimum Gasteiger partial charge on any atom is -0.399 e. The van der Waals surface area contributed by atoms with E-state index in [-0.39, 0.29) is 0 Å². The molecule has 92 valence electrons. The normalized spacial score (nSPS) is 12.2. The van der Waals surface area contributed by atoms with Gasteiger partial charge in [0, 0.05) is 11.7 Å². The van der Waals surface area contributed by atoms with Gasteiger partial charge in [-0.15, -0.1) is 0 Å². The van der Waals surface area contributed by atoms with E-state index < -0.39 is 0 Å². The van der Waals surface area contributed by atoms with Gasteiger partial charge in [0.1, 0.15) is 6.07 Å². The molecule has 0 bridgehead atoms. The third-order valence-electron chi connectivity index (χ3n) is 3.30. The summed E-state index contributed by atoms with van der Waals surface area (Å²) in [5.74, 6) is 0.624. The Labute approximate surface area is 104 Å². The molecule has 0 radical (unpaired) electrons. The SMILES string of the molecule is CCC(CC)C(C)Nc1ccc(N)cc1C#N. The Hall–Kier alpha value is -1.69. The first-order valence-electron chi connectivity index (χ1n) is 6.18. The van der Waals surface area contributed by atoms with Crippen LogP contribution < -0.4 is 11.1 Å². The second-order valence-electron chi connectivity index (χ2n) is 4.43. The lowest BCUT2D eigenvalue weighted by Crippen LogP contribution is -2.25. The van der Waals surface area contributed by atoms with Crippen LogP contribution in [-0.4, -0.2) is 6.04 Å².